The Balaban J connectivity index is 0.00000242. The van der Waals surface area contributed by atoms with Gasteiger partial charge in [-0.3, -0.25) is 0 Å². The number of hydrogen-bond donors (Lipinski definition) is 0. The second-order valence-electron chi connectivity index (χ2n) is 6.51. The van der Waals surface area contributed by atoms with E-state index in [4.69, 9.17) is 0 Å². The Bertz CT molecular complexity index is 647. The fourth-order valence-electron chi connectivity index (χ4n) is 3.05. The molecule has 0 bridgehead atoms. The van der Waals surface area contributed by atoms with Crippen LogP contribution in [0.15, 0.2) is 6.07 Å². The van der Waals surface area contributed by atoms with Crippen LogP contribution < -0.4 is 18.9 Å². The Kier molecular flexibility index (Phi) is 6.14. The maximum atomic E-state index is 3.61. The van der Waals surface area contributed by atoms with Gasteiger partial charge in [-0.15, -0.1) is 0 Å². The molecule has 2 aromatic rings. The van der Waals surface area contributed by atoms with E-state index < -0.39 is 0 Å². The van der Waals surface area contributed by atoms with E-state index >= 15 is 0 Å². The normalized spacial score (nSPS) is 10.5. The minimum Gasteiger partial charge on any atom is -0.176 e. The number of hydrogen-bond acceptors (Lipinski definition) is 0. The average molecular weight is 286 g/mol. The summed E-state index contributed by atoms with van der Waals surface area (Å²) in [5.74, 6) is 0. The Hall–Kier alpha value is -0.963. The van der Waals surface area contributed by atoms with Gasteiger partial charge in [-0.05, 0) is 61.9 Å². The van der Waals surface area contributed by atoms with Crippen molar-refractivity contribution in [3.8, 4) is 0 Å². The van der Waals surface area contributed by atoms with Crippen LogP contribution in [0.5, 0.6) is 0 Å². The summed E-state index contributed by atoms with van der Waals surface area (Å²) in [6, 6.07) is 5.97. The summed E-state index contributed by atoms with van der Waals surface area (Å²) >= 11 is 0. The first kappa shape index (κ1) is 19.1. The number of benzene rings is 2. The van der Waals surface area contributed by atoms with Gasteiger partial charge in [0.1, 0.15) is 0 Å². The molecule has 0 aromatic heterocycles. The zero-order valence-electron chi connectivity index (χ0n) is 15.8. The molecule has 0 spiro atoms. The molecule has 1 heteroatoms. The van der Waals surface area contributed by atoms with Gasteiger partial charge < -0.3 is 0 Å². The van der Waals surface area contributed by atoms with Gasteiger partial charge in [0.15, 0.2) is 0 Å². The van der Waals surface area contributed by atoms with E-state index in [2.05, 4.69) is 67.5 Å². The summed E-state index contributed by atoms with van der Waals surface area (Å²) in [6.45, 7) is 17.8. The van der Waals surface area contributed by atoms with Crippen molar-refractivity contribution >= 4 is 0 Å². The summed E-state index contributed by atoms with van der Waals surface area (Å²) in [7, 11) is 0. The van der Waals surface area contributed by atoms with E-state index in [9.17, 15) is 0 Å². The SMILES string of the molecule is Cc1[c-]c(Cc2cc(C)c(C)c(C)c2C)c(C)c(C)c1C.[Li+]. The van der Waals surface area contributed by atoms with Gasteiger partial charge in [-0.25, -0.2) is 0 Å². The Morgan fingerprint density at radius 2 is 1.23 bits per heavy atom. The molecule has 22 heavy (non-hydrogen) atoms. The summed E-state index contributed by atoms with van der Waals surface area (Å²) in [5.41, 5.74) is 14.0. The van der Waals surface area contributed by atoms with Crippen molar-refractivity contribution in [3.05, 3.63) is 67.8 Å². The van der Waals surface area contributed by atoms with Gasteiger partial charge >= 0.3 is 18.9 Å². The maximum absolute atomic E-state index is 3.61. The van der Waals surface area contributed by atoms with E-state index in [0.29, 0.717) is 0 Å². The molecule has 2 rings (SSSR count). The van der Waals surface area contributed by atoms with Crippen molar-refractivity contribution in [1.29, 1.82) is 0 Å². The third kappa shape index (κ3) is 3.34. The second-order valence-corrected chi connectivity index (χ2v) is 6.51. The van der Waals surface area contributed by atoms with Gasteiger partial charge in [0, 0.05) is 0 Å². The third-order valence-corrected chi connectivity index (χ3v) is 5.43. The van der Waals surface area contributed by atoms with E-state index in [-0.39, 0.29) is 18.9 Å². The van der Waals surface area contributed by atoms with E-state index in [1.165, 1.54) is 55.6 Å². The van der Waals surface area contributed by atoms with Gasteiger partial charge in [0.05, 0.1) is 0 Å². The fraction of sp³-hybridized carbons (Fsp3) is 0.429. The topological polar surface area (TPSA) is 0 Å². The smallest absolute Gasteiger partial charge is 0.176 e. The molecule has 0 N–H and O–H groups in total. The van der Waals surface area contributed by atoms with Crippen LogP contribution in [-0.4, -0.2) is 0 Å². The Morgan fingerprint density at radius 3 is 1.82 bits per heavy atom. The van der Waals surface area contributed by atoms with Crippen molar-refractivity contribution in [1.82, 2.24) is 0 Å². The Morgan fingerprint density at radius 1 is 0.682 bits per heavy atom. The van der Waals surface area contributed by atoms with E-state index in [0.717, 1.165) is 6.42 Å². The van der Waals surface area contributed by atoms with Crippen LogP contribution in [0.1, 0.15) is 55.6 Å². The van der Waals surface area contributed by atoms with Crippen molar-refractivity contribution in [2.24, 2.45) is 0 Å². The monoisotopic (exact) mass is 286 g/mol. The van der Waals surface area contributed by atoms with E-state index in [1.54, 1.807) is 0 Å². The first-order chi connectivity index (χ1) is 9.73. The molecule has 2 aromatic carbocycles. The summed E-state index contributed by atoms with van der Waals surface area (Å²) in [6.07, 6.45) is 0.988. The molecule has 0 saturated carbocycles. The van der Waals surface area contributed by atoms with Crippen LogP contribution in [0, 0.1) is 61.5 Å². The van der Waals surface area contributed by atoms with Crippen molar-refractivity contribution < 1.29 is 18.9 Å². The van der Waals surface area contributed by atoms with Crippen LogP contribution in [-0.2, 0) is 6.42 Å². The summed E-state index contributed by atoms with van der Waals surface area (Å²) in [5, 5.41) is 0. The van der Waals surface area contributed by atoms with Crippen molar-refractivity contribution in [2.45, 2.75) is 61.8 Å². The van der Waals surface area contributed by atoms with Crippen LogP contribution in [0.2, 0.25) is 0 Å². The number of rotatable bonds is 2. The Labute approximate surface area is 148 Å². The minimum atomic E-state index is 0. The van der Waals surface area contributed by atoms with Crippen LogP contribution in [0.4, 0.5) is 0 Å². The standard InChI is InChI=1S/C21H27.Li/c1-12-9-20(18(7)16(5)14(12)3)11-21-10-13(2)15(4)17(6)19(21)8;/h9H,11H2,1-8H3;/q-1;+1. The van der Waals surface area contributed by atoms with E-state index in [1.807, 2.05) is 0 Å². The summed E-state index contributed by atoms with van der Waals surface area (Å²) < 4.78 is 0. The summed E-state index contributed by atoms with van der Waals surface area (Å²) in [4.78, 5) is 0. The van der Waals surface area contributed by atoms with Gasteiger partial charge in [-0.2, -0.15) is 33.9 Å². The molecule has 0 fully saturated rings. The fourth-order valence-corrected chi connectivity index (χ4v) is 3.05. The predicted octanol–water partition coefficient (Wildman–Crippen LogP) is 2.55. The van der Waals surface area contributed by atoms with Crippen molar-refractivity contribution in [3.63, 3.8) is 0 Å². The van der Waals surface area contributed by atoms with Gasteiger partial charge in [0.25, 0.3) is 0 Å². The second kappa shape index (κ2) is 7.08. The molecule has 112 valence electrons. The molecule has 0 aliphatic carbocycles. The van der Waals surface area contributed by atoms with Gasteiger partial charge in [0.2, 0.25) is 0 Å². The molecule has 0 saturated heterocycles. The zero-order chi connectivity index (χ0) is 15.9. The third-order valence-electron chi connectivity index (χ3n) is 5.43. The first-order valence-corrected chi connectivity index (χ1v) is 7.78. The van der Waals surface area contributed by atoms with Crippen LogP contribution in [0.25, 0.3) is 0 Å². The van der Waals surface area contributed by atoms with Gasteiger partial charge in [-0.1, -0.05) is 33.8 Å². The molecule has 0 aliphatic heterocycles. The molecule has 0 amide bonds. The minimum absolute atomic E-state index is 0. The largest absolute Gasteiger partial charge is 1.00 e. The average Bonchev–Trinajstić information content (AvgIpc) is 2.45. The zero-order valence-corrected chi connectivity index (χ0v) is 15.8. The molecule has 0 radical (unpaired) electrons. The van der Waals surface area contributed by atoms with Crippen LogP contribution >= 0.6 is 0 Å². The first-order valence-electron chi connectivity index (χ1n) is 7.78. The maximum Gasteiger partial charge on any atom is 1.00 e. The molecule has 0 nitrogen and oxygen atoms in total. The molecular weight excluding hydrogens is 259 g/mol. The molecule has 0 atom stereocenters. The van der Waals surface area contributed by atoms with Crippen LogP contribution in [0.3, 0.4) is 0 Å². The quantitative estimate of drug-likeness (QED) is 0.588. The van der Waals surface area contributed by atoms with Crippen molar-refractivity contribution in [2.75, 3.05) is 0 Å². The number of aryl methyl sites for hydroxylation is 2. The molecular formula is C21H27Li. The molecule has 0 heterocycles. The predicted molar refractivity (Wildman–Crippen MR) is 92.4 cm³/mol. The molecule has 0 unspecified atom stereocenters. The molecule has 0 aliphatic rings.